The fraction of sp³-hybridized carbons (Fsp3) is 0.303. The topological polar surface area (TPSA) is 40.5 Å². The highest BCUT2D eigenvalue weighted by Crippen LogP contribution is 2.41. The molecule has 3 nitrogen and oxygen atoms in total. The molecular formula is C33H34ClF2NO2. The minimum Gasteiger partial charge on any atom is -0.478 e. The van der Waals surface area contributed by atoms with Crippen molar-refractivity contribution < 1.29 is 18.7 Å². The van der Waals surface area contributed by atoms with Crippen molar-refractivity contribution in [1.82, 2.24) is 4.90 Å². The first-order valence-corrected chi connectivity index (χ1v) is 13.3. The highest BCUT2D eigenvalue weighted by atomic mass is 35.5. The third-order valence-corrected chi connectivity index (χ3v) is 7.69. The normalized spacial score (nSPS) is 15.2. The quantitative estimate of drug-likeness (QED) is 0.325. The predicted molar refractivity (Wildman–Crippen MR) is 157 cm³/mol. The zero-order chi connectivity index (χ0) is 26.8. The van der Waals surface area contributed by atoms with Crippen LogP contribution in [0.4, 0.5) is 8.78 Å². The van der Waals surface area contributed by atoms with E-state index in [0.29, 0.717) is 12.0 Å². The van der Waals surface area contributed by atoms with Crippen LogP contribution in [0.25, 0.3) is 17.2 Å². The average molecular weight is 550 g/mol. The number of carboxylic acids is 1. The number of aromatic carboxylic acids is 1. The summed E-state index contributed by atoms with van der Waals surface area (Å²) in [5.41, 5.74) is 11.3. The van der Waals surface area contributed by atoms with Crippen LogP contribution in [0.15, 0.2) is 60.2 Å². The smallest absolute Gasteiger partial charge is 0.335 e. The molecule has 1 saturated heterocycles. The van der Waals surface area contributed by atoms with Gasteiger partial charge in [-0.05, 0) is 119 Å². The van der Waals surface area contributed by atoms with E-state index in [2.05, 4.69) is 36.1 Å². The number of hydrogen-bond acceptors (Lipinski definition) is 2. The fourth-order valence-corrected chi connectivity index (χ4v) is 5.76. The third kappa shape index (κ3) is 6.15. The van der Waals surface area contributed by atoms with E-state index in [1.807, 2.05) is 19.1 Å². The molecule has 0 spiro atoms. The minimum atomic E-state index is -0.926. The van der Waals surface area contributed by atoms with Crippen LogP contribution in [0.2, 0.25) is 0 Å². The van der Waals surface area contributed by atoms with Gasteiger partial charge in [0.25, 0.3) is 0 Å². The van der Waals surface area contributed by atoms with Gasteiger partial charge < -0.3 is 5.11 Å². The monoisotopic (exact) mass is 549 g/mol. The number of nitrogens with zero attached hydrogens (tertiary/aromatic N) is 1. The van der Waals surface area contributed by atoms with Crippen molar-refractivity contribution in [1.29, 1.82) is 0 Å². The van der Waals surface area contributed by atoms with Gasteiger partial charge in [0, 0.05) is 19.6 Å². The molecule has 1 aliphatic carbocycles. The van der Waals surface area contributed by atoms with E-state index in [0.717, 1.165) is 83.4 Å². The molecule has 1 fully saturated rings. The second-order valence-corrected chi connectivity index (χ2v) is 10.5. The van der Waals surface area contributed by atoms with Gasteiger partial charge in [-0.25, -0.2) is 9.18 Å². The van der Waals surface area contributed by atoms with Crippen LogP contribution < -0.4 is 0 Å². The minimum absolute atomic E-state index is 0. The summed E-state index contributed by atoms with van der Waals surface area (Å²) in [4.78, 5) is 13.9. The van der Waals surface area contributed by atoms with E-state index in [1.54, 1.807) is 18.2 Å². The van der Waals surface area contributed by atoms with Crippen LogP contribution in [0.5, 0.6) is 0 Å². The van der Waals surface area contributed by atoms with Crippen molar-refractivity contribution in [2.45, 2.75) is 39.5 Å². The molecule has 0 bridgehead atoms. The first kappa shape index (κ1) is 28.7. The van der Waals surface area contributed by atoms with Crippen LogP contribution in [-0.4, -0.2) is 42.3 Å². The Morgan fingerprint density at radius 1 is 0.974 bits per heavy atom. The van der Waals surface area contributed by atoms with Crippen LogP contribution in [0, 0.1) is 19.7 Å². The van der Waals surface area contributed by atoms with Crippen molar-refractivity contribution in [3.05, 3.63) is 110 Å². The Bertz CT molecular complexity index is 1450. The highest BCUT2D eigenvalue weighted by molar-refractivity contribution is 6.01. The van der Waals surface area contributed by atoms with Crippen LogP contribution >= 0.6 is 12.4 Å². The van der Waals surface area contributed by atoms with E-state index in [4.69, 9.17) is 0 Å². The highest BCUT2D eigenvalue weighted by Gasteiger charge is 2.23. The molecule has 1 N–H and O–H groups in total. The molecule has 0 radical (unpaired) electrons. The number of carbonyl (C=O) groups is 1. The summed E-state index contributed by atoms with van der Waals surface area (Å²) in [5.74, 6) is -1.18. The molecule has 3 aromatic rings. The van der Waals surface area contributed by atoms with Crippen molar-refractivity contribution in [3.63, 3.8) is 0 Å². The Kier molecular flexibility index (Phi) is 9.04. The second kappa shape index (κ2) is 12.3. The fourth-order valence-electron chi connectivity index (χ4n) is 5.76. The lowest BCUT2D eigenvalue weighted by Gasteiger charge is -2.34. The van der Waals surface area contributed by atoms with Crippen molar-refractivity contribution in [3.8, 4) is 0 Å². The van der Waals surface area contributed by atoms with E-state index in [9.17, 15) is 18.7 Å². The van der Waals surface area contributed by atoms with Crippen molar-refractivity contribution in [2.75, 3.05) is 26.3 Å². The lowest BCUT2D eigenvalue weighted by molar-refractivity contribution is 0.0696. The molecule has 0 atom stereocenters. The molecule has 204 valence electrons. The van der Waals surface area contributed by atoms with Gasteiger partial charge in [0.1, 0.15) is 5.82 Å². The number of aryl methyl sites for hydroxylation is 3. The first-order valence-electron chi connectivity index (χ1n) is 13.3. The van der Waals surface area contributed by atoms with Gasteiger partial charge in [-0.1, -0.05) is 36.4 Å². The second-order valence-electron chi connectivity index (χ2n) is 10.5. The summed E-state index contributed by atoms with van der Waals surface area (Å²) in [6.07, 6.45) is 5.31. The van der Waals surface area contributed by atoms with Gasteiger partial charge in [-0.2, -0.15) is 0 Å². The predicted octanol–water partition coefficient (Wildman–Crippen LogP) is 7.92. The Morgan fingerprint density at radius 2 is 1.74 bits per heavy atom. The number of allylic oxidation sites excluding steroid dienone is 1. The van der Waals surface area contributed by atoms with Crippen LogP contribution in [0.1, 0.15) is 68.6 Å². The van der Waals surface area contributed by atoms with Crippen LogP contribution in [0.3, 0.4) is 0 Å². The zero-order valence-corrected chi connectivity index (χ0v) is 23.2. The number of likely N-dealkylation sites (tertiary alicyclic amines) is 1. The Morgan fingerprint density at radius 3 is 2.44 bits per heavy atom. The molecule has 39 heavy (non-hydrogen) atoms. The van der Waals surface area contributed by atoms with Crippen molar-refractivity contribution in [2.24, 2.45) is 0 Å². The molecule has 5 rings (SSSR count). The maximum absolute atomic E-state index is 14.0. The number of alkyl halides is 1. The number of fused-ring (bicyclic) bond motifs is 1. The zero-order valence-electron chi connectivity index (χ0n) is 22.4. The van der Waals surface area contributed by atoms with Crippen LogP contribution in [-0.2, 0) is 6.42 Å². The molecule has 0 unspecified atom stereocenters. The van der Waals surface area contributed by atoms with Crippen molar-refractivity contribution >= 4 is 35.6 Å². The van der Waals surface area contributed by atoms with Gasteiger partial charge in [0.05, 0.1) is 12.2 Å². The van der Waals surface area contributed by atoms with E-state index in [-0.39, 0.29) is 24.9 Å². The number of halogens is 3. The molecule has 1 heterocycles. The molecule has 1 aliphatic heterocycles. The number of carboxylic acid groups (broad SMARTS) is 1. The van der Waals surface area contributed by atoms with Gasteiger partial charge in [-0.3, -0.25) is 9.29 Å². The van der Waals surface area contributed by atoms with Gasteiger partial charge in [-0.15, -0.1) is 12.4 Å². The average Bonchev–Trinajstić information content (AvgIpc) is 3.05. The SMILES string of the molecule is Cc1cc(C2=C(c3ccc(F)cc3C)CCCc3cc(C(=O)O)ccc32)ccc1C=C1CN(CCCF)C1.Cl. The third-order valence-electron chi connectivity index (χ3n) is 7.69. The summed E-state index contributed by atoms with van der Waals surface area (Å²) < 4.78 is 26.5. The number of benzene rings is 3. The van der Waals surface area contributed by atoms with Gasteiger partial charge >= 0.3 is 5.97 Å². The van der Waals surface area contributed by atoms with E-state index in [1.165, 1.54) is 17.2 Å². The van der Waals surface area contributed by atoms with Gasteiger partial charge in [0.15, 0.2) is 0 Å². The Balaban J connectivity index is 0.00000353. The summed E-state index contributed by atoms with van der Waals surface area (Å²) in [6, 6.07) is 16.9. The molecule has 6 heteroatoms. The largest absolute Gasteiger partial charge is 0.478 e. The molecular weight excluding hydrogens is 516 g/mol. The molecule has 0 saturated carbocycles. The standard InChI is InChI=1S/C33H33F2NO2.ClH/c1-21-15-26(8-7-24(21)17-23-19-36(20-23)14-4-13-34)32-30-11-9-27(33(37)38)18-25(30)5-3-6-31(32)29-12-10-28(35)16-22(29)2;/h7-12,15-18H,3-6,13-14,19-20H2,1-2H3,(H,37,38);1H. The number of rotatable bonds is 7. The summed E-state index contributed by atoms with van der Waals surface area (Å²) >= 11 is 0. The molecule has 2 aliphatic rings. The van der Waals surface area contributed by atoms with Gasteiger partial charge in [0.2, 0.25) is 0 Å². The lowest BCUT2D eigenvalue weighted by atomic mass is 9.85. The maximum atomic E-state index is 14.0. The van der Waals surface area contributed by atoms with E-state index >= 15 is 0 Å². The molecule has 0 aromatic heterocycles. The van der Waals surface area contributed by atoms with E-state index < -0.39 is 5.97 Å². The first-order chi connectivity index (χ1) is 18.3. The lowest BCUT2D eigenvalue weighted by Crippen LogP contribution is -2.40. The summed E-state index contributed by atoms with van der Waals surface area (Å²) in [5, 5.41) is 9.58. The maximum Gasteiger partial charge on any atom is 0.335 e. The molecule has 0 amide bonds. The Hall–Kier alpha value is -3.28. The number of hydrogen-bond donors (Lipinski definition) is 1. The summed E-state index contributed by atoms with van der Waals surface area (Å²) in [7, 11) is 0. The Labute approximate surface area is 235 Å². The molecule has 3 aromatic carbocycles. The summed E-state index contributed by atoms with van der Waals surface area (Å²) in [6.45, 7) is 6.36.